The number of halogens is 2. The molecule has 14 heavy (non-hydrogen) atoms. The van der Waals surface area contributed by atoms with Crippen LogP contribution in [0.25, 0.3) is 0 Å². The molecule has 5 heteroatoms. The number of benzene rings is 1. The van der Waals surface area contributed by atoms with Crippen LogP contribution in [-0.4, -0.2) is 12.6 Å². The minimum Gasteiger partial charge on any atom is -0.462 e. The lowest BCUT2D eigenvalue weighted by Crippen LogP contribution is -2.06. The van der Waals surface area contributed by atoms with E-state index in [-0.39, 0.29) is 0 Å². The maximum absolute atomic E-state index is 11.3. The van der Waals surface area contributed by atoms with E-state index in [1.54, 1.807) is 19.1 Å². The second-order valence-electron chi connectivity index (χ2n) is 2.58. The summed E-state index contributed by atoms with van der Waals surface area (Å²) >= 11 is 7.89. The summed E-state index contributed by atoms with van der Waals surface area (Å²) in [5.41, 5.74) is 6.53. The molecule has 0 aliphatic rings. The Morgan fingerprint density at radius 3 is 2.79 bits per heavy atom. The van der Waals surface area contributed by atoms with Gasteiger partial charge < -0.3 is 10.5 Å². The third-order valence-corrected chi connectivity index (χ3v) is 3.39. The van der Waals surface area contributed by atoms with Gasteiger partial charge >= 0.3 is 5.97 Å². The number of nitrogen functional groups attached to an aromatic ring is 1. The summed E-state index contributed by atoms with van der Waals surface area (Å²) in [4.78, 5) is 11.3. The molecule has 0 aromatic heterocycles. The van der Waals surface area contributed by atoms with E-state index in [0.717, 1.165) is 3.57 Å². The van der Waals surface area contributed by atoms with Crippen molar-refractivity contribution in [3.63, 3.8) is 0 Å². The number of nitrogens with two attached hydrogens (primary N) is 1. The summed E-state index contributed by atoms with van der Waals surface area (Å²) in [6.07, 6.45) is 0. The van der Waals surface area contributed by atoms with Crippen molar-refractivity contribution in [2.24, 2.45) is 0 Å². The lowest BCUT2D eigenvalue weighted by atomic mass is 10.2. The second-order valence-corrected chi connectivity index (χ2v) is 4.07. The van der Waals surface area contributed by atoms with Crippen LogP contribution in [0.5, 0.6) is 0 Å². The predicted octanol–water partition coefficient (Wildman–Crippen LogP) is 2.70. The number of carbonyl (C=O) groups is 1. The van der Waals surface area contributed by atoms with Crippen molar-refractivity contribution in [3.05, 3.63) is 26.3 Å². The Balaban J connectivity index is 3.06. The predicted molar refractivity (Wildman–Crippen MR) is 64.5 cm³/mol. The van der Waals surface area contributed by atoms with Gasteiger partial charge in [-0.25, -0.2) is 4.79 Å². The molecular formula is C9H9ClINO2. The molecule has 0 fully saturated rings. The van der Waals surface area contributed by atoms with Gasteiger partial charge in [0.2, 0.25) is 0 Å². The van der Waals surface area contributed by atoms with E-state index in [0.29, 0.717) is 22.9 Å². The van der Waals surface area contributed by atoms with Crippen LogP contribution in [0.2, 0.25) is 5.02 Å². The zero-order valence-corrected chi connectivity index (χ0v) is 10.4. The van der Waals surface area contributed by atoms with E-state index < -0.39 is 5.97 Å². The Kier molecular flexibility index (Phi) is 4.00. The first-order chi connectivity index (χ1) is 6.56. The molecule has 1 aromatic rings. The number of ether oxygens (including phenoxy) is 1. The summed E-state index contributed by atoms with van der Waals surface area (Å²) in [5.74, 6) is -0.405. The Bertz CT molecular complexity index is 345. The van der Waals surface area contributed by atoms with Crippen LogP contribution in [0.1, 0.15) is 17.3 Å². The fourth-order valence-electron chi connectivity index (χ4n) is 0.943. The average molecular weight is 326 g/mol. The van der Waals surface area contributed by atoms with E-state index in [2.05, 4.69) is 0 Å². The third kappa shape index (κ3) is 2.51. The Morgan fingerprint density at radius 1 is 1.64 bits per heavy atom. The molecule has 0 saturated carbocycles. The van der Waals surface area contributed by atoms with Gasteiger partial charge in [-0.1, -0.05) is 11.6 Å². The fraction of sp³-hybridized carbons (Fsp3) is 0.222. The van der Waals surface area contributed by atoms with Crippen LogP contribution < -0.4 is 5.73 Å². The molecule has 0 heterocycles. The fourth-order valence-corrected chi connectivity index (χ4v) is 1.48. The summed E-state index contributed by atoms with van der Waals surface area (Å²) in [6.45, 7) is 2.08. The molecule has 1 aromatic carbocycles. The highest BCUT2D eigenvalue weighted by molar-refractivity contribution is 14.1. The molecule has 0 aliphatic carbocycles. The SMILES string of the molecule is CCOC(=O)c1cc(N)c(I)c(Cl)c1. The third-order valence-electron chi connectivity index (χ3n) is 1.57. The van der Waals surface area contributed by atoms with Crippen molar-refractivity contribution in [1.82, 2.24) is 0 Å². The van der Waals surface area contributed by atoms with Crippen LogP contribution >= 0.6 is 34.2 Å². The number of rotatable bonds is 2. The summed E-state index contributed by atoms with van der Waals surface area (Å²) in [5, 5.41) is 0.466. The maximum atomic E-state index is 11.3. The van der Waals surface area contributed by atoms with E-state index in [4.69, 9.17) is 22.1 Å². The molecule has 0 atom stereocenters. The van der Waals surface area contributed by atoms with E-state index >= 15 is 0 Å². The van der Waals surface area contributed by atoms with E-state index in [1.165, 1.54) is 0 Å². The summed E-state index contributed by atoms with van der Waals surface area (Å²) < 4.78 is 5.57. The van der Waals surface area contributed by atoms with Gasteiger partial charge in [0.1, 0.15) is 0 Å². The minimum atomic E-state index is -0.405. The van der Waals surface area contributed by atoms with E-state index in [1.807, 2.05) is 22.6 Å². The first-order valence-electron chi connectivity index (χ1n) is 3.98. The smallest absolute Gasteiger partial charge is 0.338 e. The molecule has 3 nitrogen and oxygen atoms in total. The molecular weight excluding hydrogens is 316 g/mol. The second kappa shape index (κ2) is 4.84. The topological polar surface area (TPSA) is 52.3 Å². The number of hydrogen-bond acceptors (Lipinski definition) is 3. The molecule has 0 amide bonds. The molecule has 0 saturated heterocycles. The average Bonchev–Trinajstić information content (AvgIpc) is 2.13. The standard InChI is InChI=1S/C9H9ClINO2/c1-2-14-9(13)5-3-6(10)8(11)7(12)4-5/h3-4H,2,12H2,1H3. The van der Waals surface area contributed by atoms with Gasteiger partial charge in [-0.3, -0.25) is 0 Å². The number of carbonyl (C=O) groups excluding carboxylic acids is 1. The highest BCUT2D eigenvalue weighted by Crippen LogP contribution is 2.26. The normalized spacial score (nSPS) is 9.93. The molecule has 0 spiro atoms. The minimum absolute atomic E-state index is 0.336. The van der Waals surface area contributed by atoms with Crippen molar-refractivity contribution < 1.29 is 9.53 Å². The molecule has 0 unspecified atom stereocenters. The van der Waals surface area contributed by atoms with Crippen molar-refractivity contribution >= 4 is 45.8 Å². The lowest BCUT2D eigenvalue weighted by Gasteiger charge is -2.05. The number of hydrogen-bond donors (Lipinski definition) is 1. The lowest BCUT2D eigenvalue weighted by molar-refractivity contribution is 0.0526. The van der Waals surface area contributed by atoms with Gasteiger partial charge in [0.05, 0.1) is 20.8 Å². The van der Waals surface area contributed by atoms with Crippen molar-refractivity contribution in [1.29, 1.82) is 0 Å². The Morgan fingerprint density at radius 2 is 2.29 bits per heavy atom. The van der Waals surface area contributed by atoms with Crippen molar-refractivity contribution in [2.45, 2.75) is 6.92 Å². The van der Waals surface area contributed by atoms with Gasteiger partial charge in [-0.2, -0.15) is 0 Å². The van der Waals surface area contributed by atoms with Crippen LogP contribution in [0.4, 0.5) is 5.69 Å². The van der Waals surface area contributed by atoms with Gasteiger partial charge in [0.25, 0.3) is 0 Å². The number of anilines is 1. The highest BCUT2D eigenvalue weighted by atomic mass is 127. The highest BCUT2D eigenvalue weighted by Gasteiger charge is 2.11. The van der Waals surface area contributed by atoms with Crippen molar-refractivity contribution in [3.8, 4) is 0 Å². The molecule has 1 rings (SSSR count). The summed E-state index contributed by atoms with van der Waals surface area (Å²) in [7, 11) is 0. The molecule has 76 valence electrons. The Labute approximate surface area is 101 Å². The monoisotopic (exact) mass is 325 g/mol. The van der Waals surface area contributed by atoms with Gasteiger partial charge in [-0.05, 0) is 41.6 Å². The van der Waals surface area contributed by atoms with Crippen LogP contribution in [0, 0.1) is 3.57 Å². The number of esters is 1. The Hall–Kier alpha value is -0.490. The van der Waals surface area contributed by atoms with Crippen LogP contribution in [0.15, 0.2) is 12.1 Å². The molecule has 0 radical (unpaired) electrons. The van der Waals surface area contributed by atoms with E-state index in [9.17, 15) is 4.79 Å². The van der Waals surface area contributed by atoms with Gasteiger partial charge in [0, 0.05) is 5.69 Å². The zero-order valence-electron chi connectivity index (χ0n) is 7.51. The quantitative estimate of drug-likeness (QED) is 0.517. The maximum Gasteiger partial charge on any atom is 0.338 e. The first kappa shape index (κ1) is 11.6. The van der Waals surface area contributed by atoms with Crippen molar-refractivity contribution in [2.75, 3.05) is 12.3 Å². The zero-order chi connectivity index (χ0) is 10.7. The van der Waals surface area contributed by atoms with Crippen LogP contribution in [-0.2, 0) is 4.74 Å². The molecule has 2 N–H and O–H groups in total. The van der Waals surface area contributed by atoms with Gasteiger partial charge in [-0.15, -0.1) is 0 Å². The van der Waals surface area contributed by atoms with Gasteiger partial charge in [0.15, 0.2) is 0 Å². The summed E-state index contributed by atoms with van der Waals surface area (Å²) in [6, 6.07) is 3.11. The first-order valence-corrected chi connectivity index (χ1v) is 5.43. The molecule has 0 aliphatic heterocycles. The largest absolute Gasteiger partial charge is 0.462 e. The molecule has 0 bridgehead atoms. The van der Waals surface area contributed by atoms with Crippen LogP contribution in [0.3, 0.4) is 0 Å².